The van der Waals surface area contributed by atoms with Gasteiger partial charge in [-0.25, -0.2) is 9.97 Å². The molecule has 0 bridgehead atoms. The largest absolute Gasteiger partial charge is 0.468 e. The van der Waals surface area contributed by atoms with Gasteiger partial charge in [-0.2, -0.15) is 0 Å². The average Bonchev–Trinajstić information content (AvgIpc) is 2.51. The molecule has 1 unspecified atom stereocenters. The Balaban J connectivity index is 2.35. The number of anilines is 1. The number of nitrogens with two attached hydrogens (primary N) is 1. The van der Waals surface area contributed by atoms with Gasteiger partial charge in [-0.15, -0.1) is 11.8 Å². The van der Waals surface area contributed by atoms with Gasteiger partial charge in [0.2, 0.25) is 0 Å². The molecule has 0 aliphatic heterocycles. The molecular formula is C14H16N4O2S2. The van der Waals surface area contributed by atoms with E-state index in [4.69, 9.17) is 10.5 Å². The number of methoxy groups -OCH3 is 1. The number of nitrogen functional groups attached to an aromatic ring is 1. The van der Waals surface area contributed by atoms with E-state index < -0.39 is 11.2 Å². The van der Waals surface area contributed by atoms with Crippen LogP contribution in [0, 0.1) is 6.92 Å². The Morgan fingerprint density at radius 2 is 2.14 bits per heavy atom. The molecule has 2 N–H and O–H groups in total. The molecule has 2 heterocycles. The van der Waals surface area contributed by atoms with Gasteiger partial charge in [0.25, 0.3) is 0 Å². The van der Waals surface area contributed by atoms with Gasteiger partial charge in [-0.05, 0) is 30.9 Å². The normalized spacial score (nSPS) is 12.0. The minimum Gasteiger partial charge on any atom is -0.468 e. The molecule has 6 nitrogen and oxygen atoms in total. The molecule has 8 heteroatoms. The van der Waals surface area contributed by atoms with Crippen LogP contribution in [0.25, 0.3) is 0 Å². The third kappa shape index (κ3) is 4.11. The lowest BCUT2D eigenvalue weighted by Gasteiger charge is -2.13. The van der Waals surface area contributed by atoms with Crippen molar-refractivity contribution in [2.75, 3.05) is 19.1 Å². The molecule has 0 saturated carbocycles. The highest BCUT2D eigenvalue weighted by atomic mass is 32.2. The molecule has 0 fully saturated rings. The van der Waals surface area contributed by atoms with Gasteiger partial charge < -0.3 is 10.5 Å². The maximum absolute atomic E-state index is 12.1. The number of nitrogens with zero attached hydrogens (tertiary/aromatic N) is 3. The van der Waals surface area contributed by atoms with Crippen molar-refractivity contribution in [2.24, 2.45) is 0 Å². The van der Waals surface area contributed by atoms with Crippen LogP contribution in [0.1, 0.15) is 16.5 Å². The number of hydrogen-bond acceptors (Lipinski definition) is 8. The summed E-state index contributed by atoms with van der Waals surface area (Å²) in [7, 11) is 1.35. The number of ether oxygens (including phenoxy) is 1. The van der Waals surface area contributed by atoms with Gasteiger partial charge in [-0.1, -0.05) is 11.8 Å². The van der Waals surface area contributed by atoms with Crippen LogP contribution in [0.4, 0.5) is 5.82 Å². The molecule has 0 aliphatic carbocycles. The van der Waals surface area contributed by atoms with Crippen molar-refractivity contribution in [1.29, 1.82) is 0 Å². The molecule has 0 aliphatic rings. The first-order valence-electron chi connectivity index (χ1n) is 6.39. The van der Waals surface area contributed by atoms with Crippen molar-refractivity contribution in [3.8, 4) is 0 Å². The van der Waals surface area contributed by atoms with Gasteiger partial charge in [0.05, 0.1) is 12.8 Å². The minimum absolute atomic E-state index is 0.364. The van der Waals surface area contributed by atoms with Crippen molar-refractivity contribution in [3.05, 3.63) is 35.7 Å². The van der Waals surface area contributed by atoms with E-state index in [0.717, 1.165) is 10.6 Å². The van der Waals surface area contributed by atoms with Gasteiger partial charge >= 0.3 is 5.97 Å². The number of hydrogen-bond donors (Lipinski definition) is 1. The first kappa shape index (κ1) is 16.6. The number of rotatable bonds is 5. The summed E-state index contributed by atoms with van der Waals surface area (Å²) in [5.41, 5.74) is 7.39. The molecule has 116 valence electrons. The second kappa shape index (κ2) is 7.46. The van der Waals surface area contributed by atoms with Crippen molar-refractivity contribution >= 4 is 35.3 Å². The van der Waals surface area contributed by atoms with Crippen LogP contribution in [-0.4, -0.2) is 34.3 Å². The predicted octanol–water partition coefficient (Wildman–Crippen LogP) is 2.49. The molecular weight excluding hydrogens is 320 g/mol. The van der Waals surface area contributed by atoms with E-state index in [1.54, 1.807) is 12.3 Å². The summed E-state index contributed by atoms with van der Waals surface area (Å²) in [5, 5.41) is 0.528. The van der Waals surface area contributed by atoms with Gasteiger partial charge in [0.1, 0.15) is 10.8 Å². The highest BCUT2D eigenvalue weighted by Crippen LogP contribution is 2.34. The van der Waals surface area contributed by atoms with Crippen molar-refractivity contribution in [2.45, 2.75) is 22.4 Å². The van der Waals surface area contributed by atoms with Crippen LogP contribution in [-0.2, 0) is 9.53 Å². The van der Waals surface area contributed by atoms with Crippen molar-refractivity contribution in [1.82, 2.24) is 15.0 Å². The summed E-state index contributed by atoms with van der Waals surface area (Å²) >= 11 is 2.63. The van der Waals surface area contributed by atoms with E-state index in [9.17, 15) is 4.79 Å². The summed E-state index contributed by atoms with van der Waals surface area (Å²) in [5.74, 6) is -0.0394. The monoisotopic (exact) mass is 336 g/mol. The van der Waals surface area contributed by atoms with E-state index in [1.165, 1.54) is 30.6 Å². The van der Waals surface area contributed by atoms with E-state index in [-0.39, 0.29) is 0 Å². The fourth-order valence-electron chi connectivity index (χ4n) is 1.72. The average molecular weight is 336 g/mol. The summed E-state index contributed by atoms with van der Waals surface area (Å²) in [4.78, 5) is 24.9. The molecule has 0 saturated heterocycles. The summed E-state index contributed by atoms with van der Waals surface area (Å²) in [6, 6.07) is 5.40. The summed E-state index contributed by atoms with van der Waals surface area (Å²) in [6.45, 7) is 1.94. The van der Waals surface area contributed by atoms with Gasteiger partial charge in [0, 0.05) is 12.3 Å². The standard InChI is InChI=1S/C14H16N4O2S2/c1-8-4-5-16-9(6-8)12(13(19)20-2)22-14-17-10(15)7-11(18-14)21-3/h4-7,12H,1-3H3,(H2,15,17,18). The van der Waals surface area contributed by atoms with Crippen LogP contribution in [0.2, 0.25) is 0 Å². The lowest BCUT2D eigenvalue weighted by Crippen LogP contribution is -2.13. The first-order valence-corrected chi connectivity index (χ1v) is 8.49. The molecule has 0 spiro atoms. The number of pyridine rings is 1. The second-order valence-electron chi connectivity index (χ2n) is 4.40. The van der Waals surface area contributed by atoms with Gasteiger partial charge in [-0.3, -0.25) is 9.78 Å². The first-order chi connectivity index (χ1) is 10.5. The van der Waals surface area contributed by atoms with Crippen LogP contribution in [0.5, 0.6) is 0 Å². The minimum atomic E-state index is -0.638. The van der Waals surface area contributed by atoms with Crippen LogP contribution < -0.4 is 5.73 Å². The van der Waals surface area contributed by atoms with E-state index in [0.29, 0.717) is 16.7 Å². The third-order valence-electron chi connectivity index (χ3n) is 2.75. The molecule has 2 rings (SSSR count). The zero-order valence-corrected chi connectivity index (χ0v) is 14.1. The van der Waals surface area contributed by atoms with E-state index in [2.05, 4.69) is 15.0 Å². The lowest BCUT2D eigenvalue weighted by molar-refractivity contribution is -0.140. The summed E-state index contributed by atoms with van der Waals surface area (Å²) < 4.78 is 4.87. The number of carbonyl (C=O) groups excluding carboxylic acids is 1. The Hall–Kier alpha value is -1.80. The maximum Gasteiger partial charge on any atom is 0.325 e. The van der Waals surface area contributed by atoms with Crippen molar-refractivity contribution < 1.29 is 9.53 Å². The third-order valence-corrected chi connectivity index (χ3v) is 4.45. The van der Waals surface area contributed by atoms with Crippen molar-refractivity contribution in [3.63, 3.8) is 0 Å². The molecule has 2 aromatic heterocycles. The number of aromatic nitrogens is 3. The summed E-state index contributed by atoms with van der Waals surface area (Å²) in [6.07, 6.45) is 3.56. The Morgan fingerprint density at radius 1 is 1.36 bits per heavy atom. The molecule has 0 aromatic carbocycles. The Bertz CT molecular complexity index is 682. The fraction of sp³-hybridized carbons (Fsp3) is 0.286. The number of thioether (sulfide) groups is 2. The molecule has 2 aromatic rings. The second-order valence-corrected chi connectivity index (χ2v) is 6.30. The Labute approximate surface area is 137 Å². The lowest BCUT2D eigenvalue weighted by atomic mass is 10.2. The number of aryl methyl sites for hydroxylation is 1. The quantitative estimate of drug-likeness (QED) is 0.385. The predicted molar refractivity (Wildman–Crippen MR) is 87.8 cm³/mol. The topological polar surface area (TPSA) is 91.0 Å². The highest BCUT2D eigenvalue weighted by Gasteiger charge is 2.26. The smallest absolute Gasteiger partial charge is 0.325 e. The maximum atomic E-state index is 12.1. The molecule has 0 radical (unpaired) electrons. The van der Waals surface area contributed by atoms with E-state index >= 15 is 0 Å². The Morgan fingerprint density at radius 3 is 2.77 bits per heavy atom. The van der Waals surface area contributed by atoms with Crippen LogP contribution >= 0.6 is 23.5 Å². The highest BCUT2D eigenvalue weighted by molar-refractivity contribution is 8.00. The molecule has 22 heavy (non-hydrogen) atoms. The zero-order chi connectivity index (χ0) is 16.1. The zero-order valence-electron chi connectivity index (χ0n) is 12.4. The number of carbonyl (C=O) groups is 1. The van der Waals surface area contributed by atoms with Crippen LogP contribution in [0.3, 0.4) is 0 Å². The van der Waals surface area contributed by atoms with Crippen LogP contribution in [0.15, 0.2) is 34.6 Å². The van der Waals surface area contributed by atoms with Gasteiger partial charge in [0.15, 0.2) is 10.4 Å². The fourth-order valence-corrected chi connectivity index (χ4v) is 3.16. The SMILES string of the molecule is COC(=O)C(Sc1nc(N)cc(SC)n1)c1cc(C)ccn1. The van der Waals surface area contributed by atoms with E-state index in [1.807, 2.05) is 25.3 Å². The number of esters is 1. The Kier molecular flexibility index (Phi) is 5.62. The molecule has 0 amide bonds. The molecule has 1 atom stereocenters.